The van der Waals surface area contributed by atoms with E-state index in [0.29, 0.717) is 12.8 Å². The van der Waals surface area contributed by atoms with Gasteiger partial charge in [-0.3, -0.25) is 28.8 Å². The van der Waals surface area contributed by atoms with E-state index >= 15 is 0 Å². The first-order chi connectivity index (χ1) is 26.5. The van der Waals surface area contributed by atoms with Gasteiger partial charge in [-0.2, -0.15) is 0 Å². The number of alkyl carbamates (subject to hydrolysis) is 1. The quantitative estimate of drug-likeness (QED) is 0.276. The average Bonchev–Trinajstić information content (AvgIpc) is 4.02. The van der Waals surface area contributed by atoms with Crippen molar-refractivity contribution in [1.82, 2.24) is 30.5 Å². The summed E-state index contributed by atoms with van der Waals surface area (Å²) in [6.45, 7) is 10.6. The van der Waals surface area contributed by atoms with Gasteiger partial charge in [0.1, 0.15) is 29.8 Å². The molecule has 6 rings (SSSR count). The van der Waals surface area contributed by atoms with Crippen LogP contribution < -0.4 is 20.7 Å². The third-order valence-corrected chi connectivity index (χ3v) is 12.5. The third kappa shape index (κ3) is 8.70. The number of hydrogen-bond acceptors (Lipinski definition) is 11. The summed E-state index contributed by atoms with van der Waals surface area (Å²) >= 11 is 0. The molecule has 3 aliphatic heterocycles. The summed E-state index contributed by atoms with van der Waals surface area (Å²) in [7, 11) is -3.95. The Morgan fingerprint density at radius 3 is 2.55 bits per heavy atom. The highest BCUT2D eigenvalue weighted by atomic mass is 32.2. The molecule has 4 bridgehead atoms. The topological polar surface area (TPSA) is 219 Å². The summed E-state index contributed by atoms with van der Waals surface area (Å²) in [5.74, 6) is -3.71. The van der Waals surface area contributed by atoms with Crippen LogP contribution >= 0.6 is 0 Å². The van der Waals surface area contributed by atoms with Crippen molar-refractivity contribution in [3.05, 3.63) is 53.6 Å². The number of sulfonamides is 1. The molecule has 2 saturated carbocycles. The molecule has 5 aliphatic rings. The molecule has 0 spiro atoms. The van der Waals surface area contributed by atoms with E-state index in [2.05, 4.69) is 27.3 Å². The van der Waals surface area contributed by atoms with Gasteiger partial charge in [-0.1, -0.05) is 57.2 Å². The summed E-state index contributed by atoms with van der Waals surface area (Å²) < 4.78 is 44.3. The maximum atomic E-state index is 14.7. The van der Waals surface area contributed by atoms with Gasteiger partial charge in [0, 0.05) is 18.9 Å². The SMILES string of the molecule is C=C[C@@H]1C[C@]1(NC(=O)[C@@H]1C[C@@H]2CN1C(=O)[C@H](C(C)(C)C)NC(=O)[C@@H](NC(=O)OCC)COC/C=C/c1cccc3c1CN(C3)C(=O)O2)C(=O)NS(=O)(=O)C1CC1. The average molecular weight is 799 g/mol. The molecule has 6 atom stereocenters. The fraction of sp³-hybridized carbons (Fsp3) is 0.579. The van der Waals surface area contributed by atoms with Crippen LogP contribution in [0.2, 0.25) is 0 Å². The van der Waals surface area contributed by atoms with E-state index in [0.717, 1.165) is 16.7 Å². The smallest absolute Gasteiger partial charge is 0.410 e. The fourth-order valence-electron chi connectivity index (χ4n) is 7.33. The van der Waals surface area contributed by atoms with E-state index in [1.807, 2.05) is 24.3 Å². The molecule has 304 valence electrons. The minimum atomic E-state index is -3.95. The number of fused-ring (bicyclic) bond motifs is 3. The van der Waals surface area contributed by atoms with Gasteiger partial charge >= 0.3 is 12.2 Å². The second-order valence-corrected chi connectivity index (χ2v) is 17.9. The minimum absolute atomic E-state index is 0.0443. The molecule has 1 aromatic rings. The van der Waals surface area contributed by atoms with Gasteiger partial charge in [0.2, 0.25) is 27.7 Å². The Kier molecular flexibility index (Phi) is 11.5. The number of rotatable bonds is 8. The highest BCUT2D eigenvalue weighted by Gasteiger charge is 2.62. The van der Waals surface area contributed by atoms with Crippen LogP contribution in [-0.2, 0) is 56.5 Å². The molecule has 18 heteroatoms. The number of carbonyl (C=O) groups is 6. The number of carbonyl (C=O) groups excluding carboxylic acids is 6. The highest BCUT2D eigenvalue weighted by Crippen LogP contribution is 2.45. The molecule has 17 nitrogen and oxygen atoms in total. The monoisotopic (exact) mass is 798 g/mol. The van der Waals surface area contributed by atoms with Crippen molar-refractivity contribution >= 4 is 51.9 Å². The fourth-order valence-corrected chi connectivity index (χ4v) is 8.69. The number of nitrogens with one attached hydrogen (secondary N) is 4. The van der Waals surface area contributed by atoms with Gasteiger partial charge in [-0.25, -0.2) is 18.0 Å². The Bertz CT molecular complexity index is 1930. The number of amides is 6. The summed E-state index contributed by atoms with van der Waals surface area (Å²) in [5.41, 5.74) is 0.0759. The van der Waals surface area contributed by atoms with Crippen molar-refractivity contribution in [3.63, 3.8) is 0 Å². The van der Waals surface area contributed by atoms with Crippen LogP contribution in [0.1, 0.15) is 70.1 Å². The molecule has 1 saturated heterocycles. The van der Waals surface area contributed by atoms with Crippen molar-refractivity contribution < 1.29 is 51.4 Å². The van der Waals surface area contributed by atoms with E-state index in [1.165, 1.54) is 15.9 Å². The zero-order valence-electron chi connectivity index (χ0n) is 32.0. The van der Waals surface area contributed by atoms with Crippen LogP contribution in [0.15, 0.2) is 36.9 Å². The molecule has 3 fully saturated rings. The van der Waals surface area contributed by atoms with Crippen LogP contribution in [0.5, 0.6) is 0 Å². The highest BCUT2D eigenvalue weighted by molar-refractivity contribution is 7.91. The van der Waals surface area contributed by atoms with Gasteiger partial charge in [0.15, 0.2) is 0 Å². The Hall–Kier alpha value is -4.97. The number of ether oxygens (including phenoxy) is 3. The molecule has 2 aliphatic carbocycles. The normalized spacial score (nSPS) is 28.8. The summed E-state index contributed by atoms with van der Waals surface area (Å²) in [6, 6.07) is 1.82. The standard InChI is InChI=1S/C38H50N6O11S/c1-6-24-17-38(24,34(48)42-56(51,52)26-13-14-26)41-32(46)29-16-25-19-44(29)33(47)30(37(3,4)5)40-31(45)28(39-35(49)54-7-2)21-53-15-9-12-22-10-8-11-23-18-43(20-27(22)23)36(50)55-25/h6,8-12,24-26,28-30H,1,7,13-21H2,2-5H3,(H,39,49)(H,40,45)(H,41,46)(H,42,48)/b12-9+/t24-,25-,28+,29+,30-,38-/m1/s1. The van der Waals surface area contributed by atoms with E-state index in [4.69, 9.17) is 14.2 Å². The first-order valence-electron chi connectivity index (χ1n) is 18.8. The Morgan fingerprint density at radius 1 is 1.14 bits per heavy atom. The van der Waals surface area contributed by atoms with Crippen molar-refractivity contribution in [3.8, 4) is 0 Å². The zero-order valence-corrected chi connectivity index (χ0v) is 32.8. The Balaban J connectivity index is 1.32. The van der Waals surface area contributed by atoms with Crippen LogP contribution in [0.25, 0.3) is 6.08 Å². The number of hydrogen-bond donors (Lipinski definition) is 4. The van der Waals surface area contributed by atoms with Crippen molar-refractivity contribution in [2.24, 2.45) is 11.3 Å². The maximum Gasteiger partial charge on any atom is 0.410 e. The van der Waals surface area contributed by atoms with E-state index in [-0.39, 0.29) is 52.3 Å². The maximum absolute atomic E-state index is 14.7. The van der Waals surface area contributed by atoms with E-state index in [9.17, 15) is 37.2 Å². The lowest BCUT2D eigenvalue weighted by Crippen LogP contribution is -2.62. The minimum Gasteiger partial charge on any atom is -0.450 e. The molecule has 6 amide bonds. The molecular formula is C38H50N6O11S. The molecular weight excluding hydrogens is 749 g/mol. The lowest BCUT2D eigenvalue weighted by atomic mass is 9.85. The lowest BCUT2D eigenvalue weighted by molar-refractivity contribution is -0.145. The summed E-state index contributed by atoms with van der Waals surface area (Å²) in [4.78, 5) is 85.2. The summed E-state index contributed by atoms with van der Waals surface area (Å²) in [6.07, 6.45) is 3.33. The molecule has 0 unspecified atom stereocenters. The first-order valence-corrected chi connectivity index (χ1v) is 20.4. The predicted octanol–water partition coefficient (Wildman–Crippen LogP) is 1.47. The Labute approximate surface area is 325 Å². The first kappa shape index (κ1) is 40.7. The van der Waals surface area contributed by atoms with E-state index < -0.39 is 92.2 Å². The van der Waals surface area contributed by atoms with Crippen molar-refractivity contribution in [2.45, 2.75) is 101 Å². The van der Waals surface area contributed by atoms with Crippen LogP contribution in [-0.4, -0.2) is 115 Å². The van der Waals surface area contributed by atoms with Crippen LogP contribution in [0.4, 0.5) is 9.59 Å². The third-order valence-electron chi connectivity index (χ3n) is 10.7. The van der Waals surface area contributed by atoms with Gasteiger partial charge in [0.05, 0.1) is 38.2 Å². The molecule has 56 heavy (non-hydrogen) atoms. The van der Waals surface area contributed by atoms with E-state index in [1.54, 1.807) is 33.8 Å². The van der Waals surface area contributed by atoms with Crippen LogP contribution in [0.3, 0.4) is 0 Å². The number of benzene rings is 1. The largest absolute Gasteiger partial charge is 0.450 e. The van der Waals surface area contributed by atoms with Gasteiger partial charge < -0.3 is 35.1 Å². The zero-order chi connectivity index (χ0) is 40.6. The van der Waals surface area contributed by atoms with Crippen molar-refractivity contribution in [2.75, 3.05) is 26.4 Å². The lowest BCUT2D eigenvalue weighted by Gasteiger charge is -2.36. The van der Waals surface area contributed by atoms with Gasteiger partial charge in [0.25, 0.3) is 5.91 Å². The Morgan fingerprint density at radius 2 is 1.89 bits per heavy atom. The van der Waals surface area contributed by atoms with Crippen LogP contribution in [0, 0.1) is 11.3 Å². The molecule has 1 aromatic carbocycles. The molecule has 4 N–H and O–H groups in total. The molecule has 3 heterocycles. The predicted molar refractivity (Wildman–Crippen MR) is 201 cm³/mol. The summed E-state index contributed by atoms with van der Waals surface area (Å²) in [5, 5.41) is 7.28. The second kappa shape index (κ2) is 15.9. The van der Waals surface area contributed by atoms with Crippen molar-refractivity contribution in [1.29, 1.82) is 0 Å². The second-order valence-electron chi connectivity index (χ2n) is 15.9. The molecule has 0 aromatic heterocycles. The van der Waals surface area contributed by atoms with Gasteiger partial charge in [-0.15, -0.1) is 6.58 Å². The van der Waals surface area contributed by atoms with Gasteiger partial charge in [-0.05, 0) is 48.3 Å². The number of nitrogens with zero attached hydrogens (tertiary/aromatic N) is 2. The molecule has 0 radical (unpaired) electrons.